The van der Waals surface area contributed by atoms with Gasteiger partial charge in [0.05, 0.1) is 6.10 Å². The summed E-state index contributed by atoms with van der Waals surface area (Å²) in [6.07, 6.45) is 0.359. The molecule has 5 unspecified atom stereocenters. The topological polar surface area (TPSA) is 98.7 Å². The van der Waals surface area contributed by atoms with E-state index in [0.29, 0.717) is 5.92 Å². The molecule has 1 aliphatic heterocycles. The molecule has 0 aromatic heterocycles. The van der Waals surface area contributed by atoms with Gasteiger partial charge in [-0.15, -0.1) is 0 Å². The van der Waals surface area contributed by atoms with Crippen molar-refractivity contribution in [3.8, 4) is 0 Å². The Morgan fingerprint density at radius 1 is 1.19 bits per heavy atom. The number of benzene rings is 1. The lowest BCUT2D eigenvalue weighted by Crippen LogP contribution is -2.52. The van der Waals surface area contributed by atoms with Gasteiger partial charge < -0.3 is 20.6 Å². The molecular weight excluding hydrogens is 334 g/mol. The number of aliphatic hydroxyl groups is 1. The molecule has 3 amide bonds. The molecule has 1 saturated carbocycles. The van der Waals surface area contributed by atoms with Crippen LogP contribution in [0.15, 0.2) is 30.3 Å². The van der Waals surface area contributed by atoms with Gasteiger partial charge >= 0.3 is 0 Å². The number of rotatable bonds is 5. The number of nitrogens with one attached hydrogen (secondary N) is 2. The molecular formula is C19H25N3O4. The van der Waals surface area contributed by atoms with Gasteiger partial charge in [-0.05, 0) is 18.9 Å². The first-order chi connectivity index (χ1) is 12.4. The second kappa shape index (κ2) is 7.45. The highest BCUT2D eigenvalue weighted by molar-refractivity contribution is 5.92. The number of amides is 3. The van der Waals surface area contributed by atoms with Crippen molar-refractivity contribution in [1.29, 1.82) is 0 Å². The Kier molecular flexibility index (Phi) is 5.27. The van der Waals surface area contributed by atoms with Crippen molar-refractivity contribution in [2.24, 2.45) is 0 Å². The van der Waals surface area contributed by atoms with Crippen LogP contribution in [0.1, 0.15) is 38.2 Å². The first-order valence-corrected chi connectivity index (χ1v) is 8.97. The van der Waals surface area contributed by atoms with E-state index in [1.807, 2.05) is 30.3 Å². The molecule has 140 valence electrons. The fraction of sp³-hybridized carbons (Fsp3) is 0.526. The predicted molar refractivity (Wildman–Crippen MR) is 95.1 cm³/mol. The zero-order valence-corrected chi connectivity index (χ0v) is 15.0. The molecule has 3 rings (SSSR count). The standard InChI is InChI=1S/C19H25N3O4/c1-11(20-12(2)23)19(26)22-10-14(24)8-17(22)18(25)21-16-9-15(16)13-6-4-3-5-7-13/h3-7,11,14-17,24H,8-10H2,1-2H3,(H,20,23)(H,21,25). The van der Waals surface area contributed by atoms with E-state index in [2.05, 4.69) is 10.6 Å². The van der Waals surface area contributed by atoms with E-state index < -0.39 is 18.2 Å². The van der Waals surface area contributed by atoms with E-state index in [0.717, 1.165) is 6.42 Å². The number of carbonyl (C=O) groups excluding carboxylic acids is 3. The van der Waals surface area contributed by atoms with Crippen LogP contribution in [-0.2, 0) is 14.4 Å². The molecule has 0 spiro atoms. The normalized spacial score (nSPS) is 28.3. The summed E-state index contributed by atoms with van der Waals surface area (Å²) < 4.78 is 0. The van der Waals surface area contributed by atoms with E-state index in [-0.39, 0.29) is 36.7 Å². The largest absolute Gasteiger partial charge is 0.391 e. The zero-order chi connectivity index (χ0) is 18.8. The van der Waals surface area contributed by atoms with Crippen LogP contribution in [0, 0.1) is 0 Å². The predicted octanol–water partition coefficient (Wildman–Crippen LogP) is 0.145. The van der Waals surface area contributed by atoms with E-state index in [9.17, 15) is 19.5 Å². The maximum Gasteiger partial charge on any atom is 0.245 e. The Labute approximate surface area is 152 Å². The molecule has 1 heterocycles. The number of hydrogen-bond acceptors (Lipinski definition) is 4. The van der Waals surface area contributed by atoms with Crippen LogP contribution in [0.5, 0.6) is 0 Å². The Hall–Kier alpha value is -2.41. The van der Waals surface area contributed by atoms with Gasteiger partial charge in [-0.3, -0.25) is 14.4 Å². The second-order valence-corrected chi connectivity index (χ2v) is 7.19. The van der Waals surface area contributed by atoms with E-state index in [1.54, 1.807) is 6.92 Å². The SMILES string of the molecule is CC(=O)NC(C)C(=O)N1CC(O)CC1C(=O)NC1CC1c1ccccc1. The van der Waals surface area contributed by atoms with Crippen molar-refractivity contribution in [3.63, 3.8) is 0 Å². The van der Waals surface area contributed by atoms with Crippen LogP contribution >= 0.6 is 0 Å². The minimum Gasteiger partial charge on any atom is -0.391 e. The Morgan fingerprint density at radius 2 is 1.88 bits per heavy atom. The van der Waals surface area contributed by atoms with Crippen LogP contribution in [0.2, 0.25) is 0 Å². The Morgan fingerprint density at radius 3 is 2.54 bits per heavy atom. The maximum absolute atomic E-state index is 12.7. The molecule has 5 atom stereocenters. The van der Waals surface area contributed by atoms with Crippen molar-refractivity contribution in [3.05, 3.63) is 35.9 Å². The zero-order valence-electron chi connectivity index (χ0n) is 15.0. The minimum absolute atomic E-state index is 0.0624. The first-order valence-electron chi connectivity index (χ1n) is 8.97. The van der Waals surface area contributed by atoms with Gasteiger partial charge in [0.2, 0.25) is 17.7 Å². The number of carbonyl (C=O) groups is 3. The summed E-state index contributed by atoms with van der Waals surface area (Å²) >= 11 is 0. The molecule has 1 aromatic carbocycles. The lowest BCUT2D eigenvalue weighted by molar-refractivity contribution is -0.141. The molecule has 26 heavy (non-hydrogen) atoms. The summed E-state index contributed by atoms with van der Waals surface area (Å²) in [5.74, 6) is -0.607. The molecule has 7 nitrogen and oxygen atoms in total. The van der Waals surface area contributed by atoms with Crippen LogP contribution in [0.4, 0.5) is 0 Å². The highest BCUT2D eigenvalue weighted by Crippen LogP contribution is 2.40. The van der Waals surface area contributed by atoms with Gasteiger partial charge in [0.15, 0.2) is 0 Å². The third-order valence-corrected chi connectivity index (χ3v) is 5.00. The van der Waals surface area contributed by atoms with Crippen molar-refractivity contribution >= 4 is 17.7 Å². The summed E-state index contributed by atoms with van der Waals surface area (Å²) in [5.41, 5.74) is 1.19. The lowest BCUT2D eigenvalue weighted by Gasteiger charge is -2.26. The van der Waals surface area contributed by atoms with Gasteiger partial charge in [0.25, 0.3) is 0 Å². The van der Waals surface area contributed by atoms with Gasteiger partial charge in [-0.25, -0.2) is 0 Å². The Bertz CT molecular complexity index is 693. The average molecular weight is 359 g/mol. The fourth-order valence-electron chi connectivity index (χ4n) is 3.62. The van der Waals surface area contributed by atoms with E-state index in [1.165, 1.54) is 17.4 Å². The summed E-state index contributed by atoms with van der Waals surface area (Å²) in [6.45, 7) is 3.02. The van der Waals surface area contributed by atoms with Crippen molar-refractivity contribution in [1.82, 2.24) is 15.5 Å². The summed E-state index contributed by atoms with van der Waals surface area (Å²) in [7, 11) is 0. The highest BCUT2D eigenvalue weighted by Gasteiger charge is 2.44. The van der Waals surface area contributed by atoms with E-state index >= 15 is 0 Å². The molecule has 0 bridgehead atoms. The molecule has 1 saturated heterocycles. The Balaban J connectivity index is 1.60. The van der Waals surface area contributed by atoms with Crippen LogP contribution in [-0.4, -0.2) is 58.5 Å². The van der Waals surface area contributed by atoms with Crippen LogP contribution < -0.4 is 10.6 Å². The van der Waals surface area contributed by atoms with Crippen LogP contribution in [0.3, 0.4) is 0 Å². The van der Waals surface area contributed by atoms with E-state index in [4.69, 9.17) is 0 Å². The fourth-order valence-corrected chi connectivity index (χ4v) is 3.62. The van der Waals surface area contributed by atoms with Crippen molar-refractivity contribution in [2.75, 3.05) is 6.54 Å². The molecule has 0 radical (unpaired) electrons. The molecule has 1 aliphatic carbocycles. The molecule has 7 heteroatoms. The summed E-state index contributed by atoms with van der Waals surface area (Å²) in [4.78, 5) is 37.8. The maximum atomic E-state index is 12.7. The van der Waals surface area contributed by atoms with Crippen molar-refractivity contribution < 1.29 is 19.5 Å². The monoisotopic (exact) mass is 359 g/mol. The minimum atomic E-state index is -0.733. The third kappa shape index (κ3) is 4.04. The first kappa shape index (κ1) is 18.4. The number of likely N-dealkylation sites (tertiary alicyclic amines) is 1. The molecule has 3 N–H and O–H groups in total. The molecule has 1 aromatic rings. The quantitative estimate of drug-likeness (QED) is 0.697. The average Bonchev–Trinajstić information content (AvgIpc) is 3.25. The highest BCUT2D eigenvalue weighted by atomic mass is 16.3. The molecule has 2 fully saturated rings. The number of nitrogens with zero attached hydrogens (tertiary/aromatic N) is 1. The second-order valence-electron chi connectivity index (χ2n) is 7.19. The third-order valence-electron chi connectivity index (χ3n) is 5.00. The lowest BCUT2D eigenvalue weighted by atomic mass is 10.1. The summed E-state index contributed by atoms with van der Waals surface area (Å²) in [6, 6.07) is 8.62. The number of hydrogen-bond donors (Lipinski definition) is 3. The van der Waals surface area contributed by atoms with Gasteiger partial charge in [-0.1, -0.05) is 30.3 Å². The van der Waals surface area contributed by atoms with Gasteiger partial charge in [0, 0.05) is 31.8 Å². The number of β-amino-alcohol motifs (C(OH)–C–C–N with tert-alkyl or cyclic N) is 1. The van der Waals surface area contributed by atoms with Gasteiger partial charge in [-0.2, -0.15) is 0 Å². The number of aliphatic hydroxyl groups excluding tert-OH is 1. The van der Waals surface area contributed by atoms with Crippen LogP contribution in [0.25, 0.3) is 0 Å². The summed E-state index contributed by atoms with van der Waals surface area (Å²) in [5, 5.41) is 15.5. The van der Waals surface area contributed by atoms with Crippen molar-refractivity contribution in [2.45, 2.75) is 56.8 Å². The molecule has 2 aliphatic rings. The smallest absolute Gasteiger partial charge is 0.245 e. The van der Waals surface area contributed by atoms with Gasteiger partial charge in [0.1, 0.15) is 12.1 Å².